The molecule has 0 aliphatic heterocycles. The molecule has 0 fully saturated rings. The van der Waals surface area contributed by atoms with Gasteiger partial charge >= 0.3 is 0 Å². The topological polar surface area (TPSA) is 29.1 Å². The number of anilines is 1. The molecule has 0 unspecified atom stereocenters. The lowest BCUT2D eigenvalue weighted by Crippen LogP contribution is -2.14. The summed E-state index contributed by atoms with van der Waals surface area (Å²) in [6, 6.07) is 6.87. The Labute approximate surface area is 130 Å². The van der Waals surface area contributed by atoms with E-state index in [2.05, 4.69) is 5.32 Å². The summed E-state index contributed by atoms with van der Waals surface area (Å²) in [7, 11) is 0. The maximum absolute atomic E-state index is 13.6. The van der Waals surface area contributed by atoms with Gasteiger partial charge in [0.05, 0.1) is 16.3 Å². The van der Waals surface area contributed by atoms with E-state index in [1.807, 2.05) is 0 Å². The van der Waals surface area contributed by atoms with Gasteiger partial charge in [0.2, 0.25) is 0 Å². The van der Waals surface area contributed by atoms with Crippen molar-refractivity contribution in [1.29, 1.82) is 0 Å². The minimum atomic E-state index is -0.666. The first kappa shape index (κ1) is 15.1. The van der Waals surface area contributed by atoms with Crippen molar-refractivity contribution in [2.24, 2.45) is 0 Å². The fourth-order valence-corrected chi connectivity index (χ4v) is 2.20. The molecule has 20 heavy (non-hydrogen) atoms. The third-order valence-electron chi connectivity index (χ3n) is 2.67. The number of amides is 1. The highest BCUT2D eigenvalue weighted by Crippen LogP contribution is 2.29. The lowest BCUT2D eigenvalue weighted by molar-refractivity contribution is 0.102. The van der Waals surface area contributed by atoms with E-state index >= 15 is 0 Å². The lowest BCUT2D eigenvalue weighted by atomic mass is 10.2. The summed E-state index contributed by atoms with van der Waals surface area (Å²) in [5, 5.41) is 3.55. The van der Waals surface area contributed by atoms with Crippen LogP contribution in [0.5, 0.6) is 0 Å². The number of benzene rings is 2. The molecule has 1 N–H and O–H groups in total. The summed E-state index contributed by atoms with van der Waals surface area (Å²) in [4.78, 5) is 12.0. The number of rotatable bonds is 2. The Morgan fingerprint density at radius 3 is 2.50 bits per heavy atom. The first-order valence-electron chi connectivity index (χ1n) is 5.60. The number of halogens is 4. The summed E-state index contributed by atoms with van der Waals surface area (Å²) >= 11 is 17.7. The second-order valence-corrected chi connectivity index (χ2v) is 5.41. The molecular weight excluding hydrogens is 324 g/mol. The lowest BCUT2D eigenvalue weighted by Gasteiger charge is -2.10. The number of hydrogen-bond acceptors (Lipinski definition) is 1. The fourth-order valence-electron chi connectivity index (χ4n) is 1.60. The standard InChI is InChI=1S/C14H9Cl3FNO/c1-7-4-11(17)13(6-10(7)16)19-14(20)9-5-8(15)2-3-12(9)18/h2-6H,1H3,(H,19,20). The second kappa shape index (κ2) is 6.00. The molecule has 0 saturated carbocycles. The van der Waals surface area contributed by atoms with Crippen LogP contribution in [0.1, 0.15) is 15.9 Å². The minimum absolute atomic E-state index is 0.162. The highest BCUT2D eigenvalue weighted by atomic mass is 35.5. The monoisotopic (exact) mass is 331 g/mol. The molecule has 2 rings (SSSR count). The van der Waals surface area contributed by atoms with Gasteiger partial charge in [-0.25, -0.2) is 4.39 Å². The molecule has 104 valence electrons. The molecule has 0 aliphatic carbocycles. The van der Waals surface area contributed by atoms with Crippen molar-refractivity contribution >= 4 is 46.4 Å². The van der Waals surface area contributed by atoms with E-state index in [1.54, 1.807) is 13.0 Å². The van der Waals surface area contributed by atoms with E-state index in [1.165, 1.54) is 18.2 Å². The Bertz CT molecular complexity index is 688. The van der Waals surface area contributed by atoms with Crippen molar-refractivity contribution in [2.75, 3.05) is 5.32 Å². The normalized spacial score (nSPS) is 10.4. The molecule has 0 radical (unpaired) electrons. The van der Waals surface area contributed by atoms with Gasteiger partial charge in [-0.2, -0.15) is 0 Å². The second-order valence-electron chi connectivity index (χ2n) is 4.16. The molecule has 0 spiro atoms. The summed E-state index contributed by atoms with van der Waals surface area (Å²) in [6.07, 6.45) is 0. The molecule has 2 nitrogen and oxygen atoms in total. The molecule has 2 aromatic rings. The van der Waals surface area contributed by atoms with Crippen LogP contribution in [-0.4, -0.2) is 5.91 Å². The van der Waals surface area contributed by atoms with Gasteiger partial charge in [-0.05, 0) is 42.8 Å². The van der Waals surface area contributed by atoms with Crippen molar-refractivity contribution < 1.29 is 9.18 Å². The summed E-state index contributed by atoms with van der Waals surface area (Å²) in [6.45, 7) is 1.79. The SMILES string of the molecule is Cc1cc(Cl)c(NC(=O)c2cc(Cl)ccc2F)cc1Cl. The highest BCUT2D eigenvalue weighted by Gasteiger charge is 2.14. The smallest absolute Gasteiger partial charge is 0.258 e. The Balaban J connectivity index is 2.32. The summed E-state index contributed by atoms with van der Waals surface area (Å²) in [5.41, 5.74) is 0.931. The number of hydrogen-bond donors (Lipinski definition) is 1. The van der Waals surface area contributed by atoms with Gasteiger partial charge in [-0.15, -0.1) is 0 Å². The molecule has 0 aliphatic rings. The van der Waals surface area contributed by atoms with Crippen LogP contribution >= 0.6 is 34.8 Å². The molecule has 6 heteroatoms. The van der Waals surface area contributed by atoms with Crippen LogP contribution < -0.4 is 5.32 Å². The zero-order valence-corrected chi connectivity index (χ0v) is 12.6. The van der Waals surface area contributed by atoms with Crippen molar-refractivity contribution in [1.82, 2.24) is 0 Å². The molecule has 2 aromatic carbocycles. The number of nitrogens with one attached hydrogen (secondary N) is 1. The van der Waals surface area contributed by atoms with Crippen molar-refractivity contribution in [3.05, 3.63) is 62.3 Å². The van der Waals surface area contributed by atoms with E-state index in [0.29, 0.717) is 15.7 Å². The van der Waals surface area contributed by atoms with E-state index in [9.17, 15) is 9.18 Å². The van der Waals surface area contributed by atoms with Crippen LogP contribution in [0, 0.1) is 12.7 Å². The maximum Gasteiger partial charge on any atom is 0.258 e. The van der Waals surface area contributed by atoms with E-state index in [0.717, 1.165) is 11.6 Å². The predicted octanol–water partition coefficient (Wildman–Crippen LogP) is 5.35. The van der Waals surface area contributed by atoms with Crippen molar-refractivity contribution in [3.63, 3.8) is 0 Å². The minimum Gasteiger partial charge on any atom is -0.320 e. The van der Waals surface area contributed by atoms with Crippen LogP contribution in [0.3, 0.4) is 0 Å². The summed E-state index contributed by atoms with van der Waals surface area (Å²) < 4.78 is 13.6. The van der Waals surface area contributed by atoms with Gasteiger partial charge in [0.25, 0.3) is 5.91 Å². The molecule has 0 bridgehead atoms. The molecule has 0 aromatic heterocycles. The van der Waals surface area contributed by atoms with Crippen LogP contribution in [0.25, 0.3) is 0 Å². The zero-order valence-electron chi connectivity index (χ0n) is 10.3. The van der Waals surface area contributed by atoms with Crippen LogP contribution in [0.15, 0.2) is 30.3 Å². The van der Waals surface area contributed by atoms with Crippen molar-refractivity contribution in [2.45, 2.75) is 6.92 Å². The Hall–Kier alpha value is -1.29. The third kappa shape index (κ3) is 3.23. The maximum atomic E-state index is 13.6. The van der Waals surface area contributed by atoms with Gasteiger partial charge in [0.1, 0.15) is 5.82 Å². The number of carbonyl (C=O) groups is 1. The molecular formula is C14H9Cl3FNO. The largest absolute Gasteiger partial charge is 0.320 e. The van der Waals surface area contributed by atoms with Gasteiger partial charge in [0, 0.05) is 10.0 Å². The average Bonchev–Trinajstić information content (AvgIpc) is 2.38. The predicted molar refractivity (Wildman–Crippen MR) is 80.6 cm³/mol. The molecule has 0 heterocycles. The van der Waals surface area contributed by atoms with Gasteiger partial charge in [-0.1, -0.05) is 34.8 Å². The molecule has 0 atom stereocenters. The molecule has 1 amide bonds. The first-order valence-corrected chi connectivity index (χ1v) is 6.74. The van der Waals surface area contributed by atoms with E-state index in [-0.39, 0.29) is 10.6 Å². The average molecular weight is 333 g/mol. The zero-order chi connectivity index (χ0) is 14.9. The Kier molecular flexibility index (Phi) is 4.53. The van der Waals surface area contributed by atoms with Crippen LogP contribution in [-0.2, 0) is 0 Å². The Morgan fingerprint density at radius 1 is 1.10 bits per heavy atom. The third-order valence-corrected chi connectivity index (χ3v) is 3.62. The van der Waals surface area contributed by atoms with Gasteiger partial charge in [-0.3, -0.25) is 4.79 Å². The van der Waals surface area contributed by atoms with Crippen LogP contribution in [0.2, 0.25) is 15.1 Å². The molecule has 0 saturated heterocycles. The number of carbonyl (C=O) groups excluding carboxylic acids is 1. The number of aryl methyl sites for hydroxylation is 1. The van der Waals surface area contributed by atoms with E-state index < -0.39 is 11.7 Å². The summed E-state index contributed by atoms with van der Waals surface area (Å²) in [5.74, 6) is -1.31. The Morgan fingerprint density at radius 2 is 1.80 bits per heavy atom. The van der Waals surface area contributed by atoms with Gasteiger partial charge in [0.15, 0.2) is 0 Å². The van der Waals surface area contributed by atoms with Gasteiger partial charge < -0.3 is 5.32 Å². The van der Waals surface area contributed by atoms with E-state index in [4.69, 9.17) is 34.8 Å². The quantitative estimate of drug-likeness (QED) is 0.789. The fraction of sp³-hybridized carbons (Fsp3) is 0.0714. The van der Waals surface area contributed by atoms with Crippen molar-refractivity contribution in [3.8, 4) is 0 Å². The first-order chi connectivity index (χ1) is 9.38. The highest BCUT2D eigenvalue weighted by molar-refractivity contribution is 6.36. The van der Waals surface area contributed by atoms with Crippen LogP contribution in [0.4, 0.5) is 10.1 Å².